The van der Waals surface area contributed by atoms with Crippen molar-refractivity contribution < 1.29 is 14.3 Å². The van der Waals surface area contributed by atoms with Crippen LogP contribution in [0, 0.1) is 3.57 Å². The summed E-state index contributed by atoms with van der Waals surface area (Å²) in [5.74, 6) is -0.535. The van der Waals surface area contributed by atoms with Crippen LogP contribution in [0.3, 0.4) is 0 Å². The summed E-state index contributed by atoms with van der Waals surface area (Å²) in [6.45, 7) is 0.662. The van der Waals surface area contributed by atoms with Crippen LogP contribution in [0.25, 0.3) is 0 Å². The Labute approximate surface area is 155 Å². The Bertz CT molecular complexity index is 692. The molecular formula is C18H19IN2O3. The van der Waals surface area contributed by atoms with Crippen molar-refractivity contribution in [2.24, 2.45) is 0 Å². The van der Waals surface area contributed by atoms with Crippen LogP contribution in [0.15, 0.2) is 54.6 Å². The van der Waals surface area contributed by atoms with Crippen molar-refractivity contribution in [3.63, 3.8) is 0 Å². The predicted octanol–water partition coefficient (Wildman–Crippen LogP) is 2.90. The fourth-order valence-corrected chi connectivity index (χ4v) is 2.73. The molecule has 0 saturated heterocycles. The van der Waals surface area contributed by atoms with Gasteiger partial charge >= 0.3 is 5.97 Å². The monoisotopic (exact) mass is 438 g/mol. The molecule has 0 unspecified atom stereocenters. The summed E-state index contributed by atoms with van der Waals surface area (Å²) in [4.78, 5) is 25.7. The molecule has 0 heterocycles. The minimum Gasteiger partial charge on any atom is -0.468 e. The quantitative estimate of drug-likeness (QED) is 0.534. The number of para-hydroxylation sites is 1. The van der Waals surface area contributed by atoms with E-state index in [-0.39, 0.29) is 25.0 Å². The molecule has 2 rings (SSSR count). The first-order chi connectivity index (χ1) is 11.6. The van der Waals surface area contributed by atoms with Crippen molar-refractivity contribution >= 4 is 40.2 Å². The molecule has 126 valence electrons. The molecule has 0 aliphatic heterocycles. The van der Waals surface area contributed by atoms with Gasteiger partial charge in [-0.2, -0.15) is 0 Å². The molecule has 0 bridgehead atoms. The molecule has 0 aromatic heterocycles. The second-order valence-corrected chi connectivity index (χ2v) is 6.40. The van der Waals surface area contributed by atoms with Gasteiger partial charge in [0.15, 0.2) is 0 Å². The lowest BCUT2D eigenvalue weighted by atomic mass is 10.2. The fraction of sp³-hybridized carbons (Fsp3) is 0.222. The zero-order valence-electron chi connectivity index (χ0n) is 13.4. The normalized spacial score (nSPS) is 10.5. The Kier molecular flexibility index (Phi) is 7.20. The summed E-state index contributed by atoms with van der Waals surface area (Å²) < 4.78 is 5.69. The molecule has 5 nitrogen and oxygen atoms in total. The number of nitrogens with zero attached hydrogens (tertiary/aromatic N) is 1. The van der Waals surface area contributed by atoms with Crippen molar-refractivity contribution in [2.45, 2.75) is 6.54 Å². The highest BCUT2D eigenvalue weighted by molar-refractivity contribution is 14.1. The van der Waals surface area contributed by atoms with Gasteiger partial charge in [0.05, 0.1) is 25.9 Å². The number of hydrogen-bond donors (Lipinski definition) is 1. The summed E-state index contributed by atoms with van der Waals surface area (Å²) in [6, 6.07) is 17.3. The second kappa shape index (κ2) is 9.39. The van der Waals surface area contributed by atoms with Gasteiger partial charge in [0.1, 0.15) is 0 Å². The van der Waals surface area contributed by atoms with Gasteiger partial charge in [-0.3, -0.25) is 14.5 Å². The number of carbonyl (C=O) groups is 2. The Balaban J connectivity index is 2.02. The van der Waals surface area contributed by atoms with E-state index in [0.29, 0.717) is 6.54 Å². The third-order valence-electron chi connectivity index (χ3n) is 3.34. The molecule has 0 aliphatic carbocycles. The maximum atomic E-state index is 12.3. The number of amides is 1. The number of methoxy groups -OCH3 is 1. The largest absolute Gasteiger partial charge is 0.468 e. The first-order valence-corrected chi connectivity index (χ1v) is 8.54. The van der Waals surface area contributed by atoms with E-state index >= 15 is 0 Å². The van der Waals surface area contributed by atoms with Crippen molar-refractivity contribution in [1.29, 1.82) is 0 Å². The van der Waals surface area contributed by atoms with Gasteiger partial charge in [-0.05, 0) is 40.3 Å². The maximum Gasteiger partial charge on any atom is 0.319 e. The van der Waals surface area contributed by atoms with Crippen LogP contribution in [0.5, 0.6) is 0 Å². The molecule has 6 heteroatoms. The smallest absolute Gasteiger partial charge is 0.319 e. The zero-order chi connectivity index (χ0) is 17.4. The fourth-order valence-electron chi connectivity index (χ4n) is 2.21. The van der Waals surface area contributed by atoms with E-state index in [1.54, 1.807) is 4.90 Å². The van der Waals surface area contributed by atoms with E-state index in [2.05, 4.69) is 27.9 Å². The van der Waals surface area contributed by atoms with Crippen molar-refractivity contribution in [3.8, 4) is 0 Å². The first-order valence-electron chi connectivity index (χ1n) is 7.46. The van der Waals surface area contributed by atoms with Crippen LogP contribution < -0.4 is 5.32 Å². The van der Waals surface area contributed by atoms with Crippen molar-refractivity contribution in [1.82, 2.24) is 4.90 Å². The molecule has 0 fully saturated rings. The van der Waals surface area contributed by atoms with Crippen LogP contribution in [0.4, 0.5) is 5.69 Å². The molecule has 1 N–H and O–H groups in total. The SMILES string of the molecule is COC(=O)CN(CC(=O)Nc1ccccc1I)Cc1ccccc1. The summed E-state index contributed by atoms with van der Waals surface area (Å²) in [5, 5.41) is 2.88. The minimum absolute atomic E-state index is 0.0602. The van der Waals surface area contributed by atoms with Gasteiger partial charge < -0.3 is 10.1 Å². The summed E-state index contributed by atoms with van der Waals surface area (Å²) in [6.07, 6.45) is 0. The van der Waals surface area contributed by atoms with E-state index < -0.39 is 0 Å². The second-order valence-electron chi connectivity index (χ2n) is 5.23. The Hall–Kier alpha value is -1.93. The highest BCUT2D eigenvalue weighted by atomic mass is 127. The Morgan fingerprint density at radius 1 is 1.04 bits per heavy atom. The number of anilines is 1. The lowest BCUT2D eigenvalue weighted by Gasteiger charge is -2.20. The number of carbonyl (C=O) groups excluding carboxylic acids is 2. The van der Waals surface area contributed by atoms with Gasteiger partial charge in [0, 0.05) is 10.1 Å². The lowest BCUT2D eigenvalue weighted by molar-refractivity contribution is -0.142. The van der Waals surface area contributed by atoms with Crippen LogP contribution in [0.1, 0.15) is 5.56 Å². The number of hydrogen-bond acceptors (Lipinski definition) is 4. The van der Waals surface area contributed by atoms with Crippen LogP contribution in [0.2, 0.25) is 0 Å². The molecule has 1 amide bonds. The van der Waals surface area contributed by atoms with Crippen LogP contribution in [-0.2, 0) is 20.9 Å². The zero-order valence-corrected chi connectivity index (χ0v) is 15.5. The highest BCUT2D eigenvalue weighted by Crippen LogP contribution is 2.17. The average Bonchev–Trinajstić information content (AvgIpc) is 2.57. The molecule has 2 aromatic rings. The third kappa shape index (κ3) is 5.93. The highest BCUT2D eigenvalue weighted by Gasteiger charge is 2.16. The molecule has 0 saturated carbocycles. The standard InChI is InChI=1S/C18H19IN2O3/c1-24-18(23)13-21(11-14-7-3-2-4-8-14)12-17(22)20-16-10-6-5-9-15(16)19/h2-10H,11-13H2,1H3,(H,20,22). The van der Waals surface area contributed by atoms with Gasteiger partial charge in [0.25, 0.3) is 0 Å². The number of esters is 1. The Morgan fingerprint density at radius 3 is 2.38 bits per heavy atom. The minimum atomic E-state index is -0.368. The number of ether oxygens (including phenoxy) is 1. The molecular weight excluding hydrogens is 419 g/mol. The maximum absolute atomic E-state index is 12.3. The first kappa shape index (κ1) is 18.4. The van der Waals surface area contributed by atoms with E-state index in [9.17, 15) is 9.59 Å². The van der Waals surface area contributed by atoms with E-state index in [4.69, 9.17) is 4.74 Å². The van der Waals surface area contributed by atoms with E-state index in [0.717, 1.165) is 14.8 Å². The summed E-state index contributed by atoms with van der Waals surface area (Å²) in [5.41, 5.74) is 1.80. The van der Waals surface area contributed by atoms with Crippen molar-refractivity contribution in [3.05, 3.63) is 63.7 Å². The average molecular weight is 438 g/mol. The van der Waals surface area contributed by atoms with Gasteiger partial charge in [-0.25, -0.2) is 0 Å². The number of benzene rings is 2. The van der Waals surface area contributed by atoms with Crippen LogP contribution in [-0.4, -0.2) is 37.0 Å². The third-order valence-corrected chi connectivity index (χ3v) is 4.29. The van der Waals surface area contributed by atoms with Crippen molar-refractivity contribution in [2.75, 3.05) is 25.5 Å². The summed E-state index contributed by atoms with van der Waals surface area (Å²) in [7, 11) is 1.34. The lowest BCUT2D eigenvalue weighted by Crippen LogP contribution is -2.37. The van der Waals surface area contributed by atoms with Gasteiger partial charge in [-0.1, -0.05) is 42.5 Å². The van der Waals surface area contributed by atoms with Crippen LogP contribution >= 0.6 is 22.6 Å². The molecule has 0 spiro atoms. The topological polar surface area (TPSA) is 58.6 Å². The van der Waals surface area contributed by atoms with Gasteiger partial charge in [0.2, 0.25) is 5.91 Å². The molecule has 0 atom stereocenters. The number of rotatable bonds is 7. The van der Waals surface area contributed by atoms with E-state index in [1.807, 2.05) is 54.6 Å². The Morgan fingerprint density at radius 2 is 1.71 bits per heavy atom. The number of nitrogens with one attached hydrogen (secondary N) is 1. The molecule has 24 heavy (non-hydrogen) atoms. The number of halogens is 1. The molecule has 2 aromatic carbocycles. The predicted molar refractivity (Wildman–Crippen MR) is 102 cm³/mol. The van der Waals surface area contributed by atoms with Gasteiger partial charge in [-0.15, -0.1) is 0 Å². The molecule has 0 radical (unpaired) electrons. The van der Waals surface area contributed by atoms with E-state index in [1.165, 1.54) is 7.11 Å². The summed E-state index contributed by atoms with van der Waals surface area (Å²) >= 11 is 2.17. The molecule has 0 aliphatic rings.